The van der Waals surface area contributed by atoms with E-state index in [9.17, 15) is 18.8 Å². The van der Waals surface area contributed by atoms with Gasteiger partial charge in [0.1, 0.15) is 5.82 Å². The fraction of sp³-hybridized carbons (Fsp3) is 0.0690. The van der Waals surface area contributed by atoms with Crippen molar-refractivity contribution in [2.75, 3.05) is 5.32 Å². The van der Waals surface area contributed by atoms with Crippen molar-refractivity contribution in [1.82, 2.24) is 5.32 Å². The maximum absolute atomic E-state index is 13.4. The first-order valence-electron chi connectivity index (χ1n) is 11.2. The lowest BCUT2D eigenvalue weighted by Gasteiger charge is -2.23. The number of amides is 2. The standard InChI is InChI=1S/C29H23FN2O4/c30-23-16-18-24(19-17-23)31-28(34)26(21-12-6-2-7-13-21)36-29(35)25(20-10-4-1-5-11-20)32-27(33)22-14-8-3-9-15-22/h1-19,25-26H,(H,31,34)(H,32,33)/t25-,26+/m0/s1. The molecular weight excluding hydrogens is 459 g/mol. The van der Waals surface area contributed by atoms with E-state index >= 15 is 0 Å². The van der Waals surface area contributed by atoms with Gasteiger partial charge in [0.15, 0.2) is 6.04 Å². The lowest BCUT2D eigenvalue weighted by Crippen LogP contribution is -2.37. The molecule has 0 fully saturated rings. The number of carbonyl (C=O) groups excluding carboxylic acids is 3. The van der Waals surface area contributed by atoms with Gasteiger partial charge in [-0.15, -0.1) is 0 Å². The molecule has 2 amide bonds. The third-order valence-electron chi connectivity index (χ3n) is 5.37. The highest BCUT2D eigenvalue weighted by atomic mass is 19.1. The fourth-order valence-electron chi connectivity index (χ4n) is 3.55. The second-order valence-corrected chi connectivity index (χ2v) is 7.91. The van der Waals surface area contributed by atoms with Gasteiger partial charge in [0.2, 0.25) is 6.10 Å². The molecule has 2 N–H and O–H groups in total. The van der Waals surface area contributed by atoms with E-state index in [1.807, 2.05) is 0 Å². The number of rotatable bonds is 8. The number of hydrogen-bond acceptors (Lipinski definition) is 4. The van der Waals surface area contributed by atoms with Gasteiger partial charge in [-0.05, 0) is 42.0 Å². The Hall–Kier alpha value is -4.78. The van der Waals surface area contributed by atoms with Crippen molar-refractivity contribution in [3.8, 4) is 0 Å². The molecular formula is C29H23FN2O4. The third-order valence-corrected chi connectivity index (χ3v) is 5.37. The second-order valence-electron chi connectivity index (χ2n) is 7.91. The fourth-order valence-corrected chi connectivity index (χ4v) is 3.55. The van der Waals surface area contributed by atoms with E-state index in [1.165, 1.54) is 24.3 Å². The minimum Gasteiger partial charge on any atom is -0.445 e. The van der Waals surface area contributed by atoms with E-state index < -0.39 is 35.7 Å². The lowest BCUT2D eigenvalue weighted by atomic mass is 10.1. The van der Waals surface area contributed by atoms with Gasteiger partial charge in [-0.1, -0.05) is 78.9 Å². The Balaban J connectivity index is 1.60. The number of nitrogens with one attached hydrogen (secondary N) is 2. The first kappa shape index (κ1) is 24.3. The van der Waals surface area contributed by atoms with Crippen molar-refractivity contribution in [2.24, 2.45) is 0 Å². The van der Waals surface area contributed by atoms with Crippen LogP contribution in [0.2, 0.25) is 0 Å². The summed E-state index contributed by atoms with van der Waals surface area (Å²) in [5.74, 6) is -2.34. The quantitative estimate of drug-likeness (QED) is 0.337. The molecule has 0 saturated carbocycles. The molecule has 2 atom stereocenters. The summed E-state index contributed by atoms with van der Waals surface area (Å²) in [6.07, 6.45) is -1.32. The van der Waals surface area contributed by atoms with Crippen LogP contribution >= 0.6 is 0 Å². The summed E-state index contributed by atoms with van der Waals surface area (Å²) in [6.45, 7) is 0. The molecule has 180 valence electrons. The van der Waals surface area contributed by atoms with Gasteiger partial charge in [0.25, 0.3) is 11.8 Å². The highest BCUT2D eigenvalue weighted by Crippen LogP contribution is 2.24. The molecule has 7 heteroatoms. The van der Waals surface area contributed by atoms with Gasteiger partial charge in [-0.3, -0.25) is 9.59 Å². The largest absolute Gasteiger partial charge is 0.445 e. The number of ether oxygens (including phenoxy) is 1. The Morgan fingerprint density at radius 2 is 1.19 bits per heavy atom. The van der Waals surface area contributed by atoms with Gasteiger partial charge in [0.05, 0.1) is 0 Å². The topological polar surface area (TPSA) is 84.5 Å². The van der Waals surface area contributed by atoms with Crippen LogP contribution in [0.4, 0.5) is 10.1 Å². The molecule has 6 nitrogen and oxygen atoms in total. The van der Waals surface area contributed by atoms with Crippen molar-refractivity contribution in [2.45, 2.75) is 12.1 Å². The molecule has 0 radical (unpaired) electrons. The van der Waals surface area contributed by atoms with Crippen LogP contribution in [0.1, 0.15) is 33.6 Å². The van der Waals surface area contributed by atoms with Gasteiger partial charge in [0, 0.05) is 16.8 Å². The van der Waals surface area contributed by atoms with Gasteiger partial charge in [-0.25, -0.2) is 9.18 Å². The predicted molar refractivity (Wildman–Crippen MR) is 133 cm³/mol. The molecule has 0 heterocycles. The minimum absolute atomic E-state index is 0.343. The predicted octanol–water partition coefficient (Wildman–Crippen LogP) is 5.22. The van der Waals surface area contributed by atoms with Crippen LogP contribution in [0.25, 0.3) is 0 Å². The molecule has 0 bridgehead atoms. The molecule has 0 aliphatic rings. The summed E-state index contributed by atoms with van der Waals surface area (Å²) in [7, 11) is 0. The Labute approximate surface area is 207 Å². The summed E-state index contributed by atoms with van der Waals surface area (Å²) >= 11 is 0. The molecule has 0 unspecified atom stereocenters. The molecule has 0 spiro atoms. The van der Waals surface area contributed by atoms with E-state index in [1.54, 1.807) is 91.0 Å². The van der Waals surface area contributed by atoms with Crippen LogP contribution in [0, 0.1) is 5.82 Å². The first-order valence-corrected chi connectivity index (χ1v) is 11.2. The number of benzene rings is 4. The van der Waals surface area contributed by atoms with Crippen molar-refractivity contribution in [3.05, 3.63) is 138 Å². The number of hydrogen-bond donors (Lipinski definition) is 2. The lowest BCUT2D eigenvalue weighted by molar-refractivity contribution is -0.156. The van der Waals surface area contributed by atoms with Crippen molar-refractivity contribution < 1.29 is 23.5 Å². The molecule has 0 aliphatic carbocycles. The van der Waals surface area contributed by atoms with E-state index in [4.69, 9.17) is 4.74 Å². The Morgan fingerprint density at radius 1 is 0.667 bits per heavy atom. The highest BCUT2D eigenvalue weighted by molar-refractivity contribution is 5.99. The number of anilines is 1. The molecule has 4 rings (SSSR count). The van der Waals surface area contributed by atoms with Gasteiger partial charge < -0.3 is 15.4 Å². The summed E-state index contributed by atoms with van der Waals surface area (Å²) < 4.78 is 19.0. The Bertz CT molecular complexity index is 1310. The van der Waals surface area contributed by atoms with Crippen LogP contribution in [0.3, 0.4) is 0 Å². The SMILES string of the molecule is O=C(N[C@H](C(=O)O[C@@H](C(=O)Nc1ccc(F)cc1)c1ccccc1)c1ccccc1)c1ccccc1. The Kier molecular flexibility index (Phi) is 7.83. The number of carbonyl (C=O) groups is 3. The van der Waals surface area contributed by atoms with E-state index in [2.05, 4.69) is 10.6 Å². The first-order chi connectivity index (χ1) is 17.5. The summed E-state index contributed by atoms with van der Waals surface area (Å²) in [5.41, 5.74) is 1.65. The maximum atomic E-state index is 13.4. The van der Waals surface area contributed by atoms with Gasteiger partial charge in [-0.2, -0.15) is 0 Å². The maximum Gasteiger partial charge on any atom is 0.334 e. The smallest absolute Gasteiger partial charge is 0.334 e. The van der Waals surface area contributed by atoms with Crippen molar-refractivity contribution in [3.63, 3.8) is 0 Å². The van der Waals surface area contributed by atoms with Crippen LogP contribution in [0.5, 0.6) is 0 Å². The summed E-state index contributed by atoms with van der Waals surface area (Å²) in [6, 6.07) is 29.7. The second kappa shape index (κ2) is 11.6. The zero-order valence-electron chi connectivity index (χ0n) is 19.1. The number of esters is 1. The normalized spacial score (nSPS) is 12.1. The zero-order chi connectivity index (χ0) is 25.3. The monoisotopic (exact) mass is 482 g/mol. The van der Waals surface area contributed by atoms with Crippen LogP contribution in [-0.4, -0.2) is 17.8 Å². The van der Waals surface area contributed by atoms with Crippen LogP contribution in [-0.2, 0) is 14.3 Å². The third kappa shape index (κ3) is 6.21. The molecule has 4 aromatic carbocycles. The van der Waals surface area contributed by atoms with Gasteiger partial charge >= 0.3 is 5.97 Å². The molecule has 4 aromatic rings. The van der Waals surface area contributed by atoms with E-state index in [0.29, 0.717) is 22.4 Å². The summed E-state index contributed by atoms with van der Waals surface area (Å²) in [5, 5.41) is 5.36. The number of halogens is 1. The highest BCUT2D eigenvalue weighted by Gasteiger charge is 2.31. The zero-order valence-corrected chi connectivity index (χ0v) is 19.1. The van der Waals surface area contributed by atoms with E-state index in [-0.39, 0.29) is 0 Å². The van der Waals surface area contributed by atoms with Crippen molar-refractivity contribution in [1.29, 1.82) is 0 Å². The molecule has 0 saturated heterocycles. The van der Waals surface area contributed by atoms with Crippen LogP contribution in [0.15, 0.2) is 115 Å². The molecule has 0 aromatic heterocycles. The van der Waals surface area contributed by atoms with Crippen molar-refractivity contribution >= 4 is 23.5 Å². The molecule has 36 heavy (non-hydrogen) atoms. The summed E-state index contributed by atoms with van der Waals surface area (Å²) in [4.78, 5) is 39.5. The minimum atomic E-state index is -1.32. The van der Waals surface area contributed by atoms with E-state index in [0.717, 1.165) is 0 Å². The van der Waals surface area contributed by atoms with Crippen LogP contribution < -0.4 is 10.6 Å². The average Bonchev–Trinajstić information content (AvgIpc) is 2.92. The Morgan fingerprint density at radius 3 is 1.78 bits per heavy atom. The molecule has 0 aliphatic heterocycles. The average molecular weight is 483 g/mol.